The average Bonchev–Trinajstić information content (AvgIpc) is 1.83. The van der Waals surface area contributed by atoms with Crippen LogP contribution < -0.4 is 0 Å². The van der Waals surface area contributed by atoms with Gasteiger partial charge in [-0.1, -0.05) is 12.8 Å². The van der Waals surface area contributed by atoms with Crippen molar-refractivity contribution < 1.29 is 12.6 Å². The first-order chi connectivity index (χ1) is 5.03. The van der Waals surface area contributed by atoms with Crippen LogP contribution in [0.15, 0.2) is 0 Å². The molecule has 62 valence electrons. The lowest BCUT2D eigenvalue weighted by atomic mass is 10.1. The molecule has 1 saturated heterocycles. The van der Waals surface area contributed by atoms with Gasteiger partial charge in [0, 0.05) is 0 Å². The molecule has 0 bridgehead atoms. The molecule has 0 aromatic rings. The molecule has 0 spiro atoms. The molecular formula is C7H10O3S. The molecule has 3 nitrogen and oxygen atoms in total. The number of hydrogen-bond donors (Lipinski definition) is 0. The number of hydrogen-bond acceptors (Lipinski definition) is 3. The van der Waals surface area contributed by atoms with Gasteiger partial charge in [-0.15, -0.1) is 6.42 Å². The van der Waals surface area contributed by atoms with E-state index >= 15 is 0 Å². The van der Waals surface area contributed by atoms with Gasteiger partial charge in [0.15, 0.2) is 0 Å². The van der Waals surface area contributed by atoms with E-state index in [4.69, 9.17) is 6.42 Å². The minimum atomic E-state index is -3.34. The van der Waals surface area contributed by atoms with Gasteiger partial charge in [0.05, 0.1) is 5.75 Å². The van der Waals surface area contributed by atoms with Gasteiger partial charge in [-0.25, -0.2) is 0 Å². The SMILES string of the molecule is C#CC1CC(C)CS(=O)(=O)O1. The van der Waals surface area contributed by atoms with E-state index in [9.17, 15) is 8.42 Å². The Hall–Kier alpha value is -0.530. The third-order valence-electron chi connectivity index (χ3n) is 1.55. The molecule has 0 saturated carbocycles. The van der Waals surface area contributed by atoms with Crippen molar-refractivity contribution in [3.8, 4) is 12.3 Å². The van der Waals surface area contributed by atoms with Crippen molar-refractivity contribution in [2.24, 2.45) is 5.92 Å². The monoisotopic (exact) mass is 174 g/mol. The van der Waals surface area contributed by atoms with Crippen LogP contribution >= 0.6 is 0 Å². The van der Waals surface area contributed by atoms with E-state index < -0.39 is 16.2 Å². The summed E-state index contributed by atoms with van der Waals surface area (Å²) in [5.41, 5.74) is 0. The summed E-state index contributed by atoms with van der Waals surface area (Å²) in [5.74, 6) is 2.48. The van der Waals surface area contributed by atoms with Crippen LogP contribution in [0.2, 0.25) is 0 Å². The molecule has 4 heteroatoms. The van der Waals surface area contributed by atoms with Crippen LogP contribution in [0.5, 0.6) is 0 Å². The second-order valence-corrected chi connectivity index (χ2v) is 4.46. The van der Waals surface area contributed by atoms with Gasteiger partial charge in [-0.3, -0.25) is 4.18 Å². The molecule has 11 heavy (non-hydrogen) atoms. The Bertz CT molecular complexity index is 273. The summed E-state index contributed by atoms with van der Waals surface area (Å²) in [6.45, 7) is 1.85. The molecule has 0 amide bonds. The fourth-order valence-corrected chi connectivity index (χ4v) is 2.53. The summed E-state index contributed by atoms with van der Waals surface area (Å²) in [6.07, 6.45) is 5.13. The van der Waals surface area contributed by atoms with E-state index in [0.717, 1.165) is 0 Å². The topological polar surface area (TPSA) is 43.4 Å². The van der Waals surface area contributed by atoms with Crippen LogP contribution in [-0.4, -0.2) is 20.3 Å². The number of terminal acetylenes is 1. The van der Waals surface area contributed by atoms with Crippen molar-refractivity contribution in [1.29, 1.82) is 0 Å². The van der Waals surface area contributed by atoms with Crippen LogP contribution in [0.25, 0.3) is 0 Å². The fraction of sp³-hybridized carbons (Fsp3) is 0.714. The van der Waals surface area contributed by atoms with E-state index in [1.54, 1.807) is 0 Å². The van der Waals surface area contributed by atoms with Gasteiger partial charge in [-0.2, -0.15) is 8.42 Å². The average molecular weight is 174 g/mol. The van der Waals surface area contributed by atoms with Crippen molar-refractivity contribution in [2.45, 2.75) is 19.4 Å². The van der Waals surface area contributed by atoms with Crippen molar-refractivity contribution in [3.63, 3.8) is 0 Å². The molecule has 1 rings (SSSR count). The maximum Gasteiger partial charge on any atom is 0.268 e. The maximum atomic E-state index is 10.9. The fourth-order valence-electron chi connectivity index (χ4n) is 1.13. The normalized spacial score (nSPS) is 36.0. The lowest BCUT2D eigenvalue weighted by Crippen LogP contribution is -2.31. The zero-order valence-electron chi connectivity index (χ0n) is 6.28. The highest BCUT2D eigenvalue weighted by Crippen LogP contribution is 2.20. The van der Waals surface area contributed by atoms with E-state index in [-0.39, 0.29) is 11.7 Å². The molecule has 2 unspecified atom stereocenters. The first-order valence-corrected chi connectivity index (χ1v) is 4.98. The van der Waals surface area contributed by atoms with Gasteiger partial charge in [0.1, 0.15) is 6.10 Å². The minimum Gasteiger partial charge on any atom is -0.254 e. The largest absolute Gasteiger partial charge is 0.268 e. The lowest BCUT2D eigenvalue weighted by molar-refractivity contribution is 0.210. The molecule has 0 aromatic heterocycles. The molecular weight excluding hydrogens is 164 g/mol. The molecule has 2 atom stereocenters. The molecule has 0 N–H and O–H groups in total. The molecule has 0 aromatic carbocycles. The molecule has 0 aliphatic carbocycles. The molecule has 1 aliphatic heterocycles. The van der Waals surface area contributed by atoms with Crippen LogP contribution in [-0.2, 0) is 14.3 Å². The van der Waals surface area contributed by atoms with Crippen LogP contribution in [0.1, 0.15) is 13.3 Å². The lowest BCUT2D eigenvalue weighted by Gasteiger charge is -2.22. The predicted molar refractivity (Wildman–Crippen MR) is 41.3 cm³/mol. The van der Waals surface area contributed by atoms with E-state index in [1.807, 2.05) is 6.92 Å². The number of rotatable bonds is 0. The smallest absolute Gasteiger partial charge is 0.254 e. The third kappa shape index (κ3) is 2.21. The van der Waals surface area contributed by atoms with Gasteiger partial charge < -0.3 is 0 Å². The van der Waals surface area contributed by atoms with Crippen molar-refractivity contribution in [3.05, 3.63) is 0 Å². The highest BCUT2D eigenvalue weighted by atomic mass is 32.2. The van der Waals surface area contributed by atoms with Crippen molar-refractivity contribution in [1.82, 2.24) is 0 Å². The van der Waals surface area contributed by atoms with Gasteiger partial charge >= 0.3 is 0 Å². The summed E-state index contributed by atoms with van der Waals surface area (Å²) in [6, 6.07) is 0. The maximum absolute atomic E-state index is 10.9. The zero-order valence-corrected chi connectivity index (χ0v) is 7.10. The van der Waals surface area contributed by atoms with E-state index in [0.29, 0.717) is 6.42 Å². The van der Waals surface area contributed by atoms with Crippen molar-refractivity contribution >= 4 is 10.1 Å². The van der Waals surface area contributed by atoms with Gasteiger partial charge in [-0.05, 0) is 12.3 Å². The van der Waals surface area contributed by atoms with Crippen LogP contribution in [0.3, 0.4) is 0 Å². The summed E-state index contributed by atoms with van der Waals surface area (Å²) in [5, 5.41) is 0. The third-order valence-corrected chi connectivity index (χ3v) is 3.06. The first-order valence-electron chi connectivity index (χ1n) is 3.40. The molecule has 1 fully saturated rings. The summed E-state index contributed by atoms with van der Waals surface area (Å²) < 4.78 is 26.5. The summed E-state index contributed by atoms with van der Waals surface area (Å²) in [7, 11) is -3.34. The highest BCUT2D eigenvalue weighted by molar-refractivity contribution is 7.86. The second-order valence-electron chi connectivity index (χ2n) is 2.82. The van der Waals surface area contributed by atoms with Crippen molar-refractivity contribution in [2.75, 3.05) is 5.75 Å². The quantitative estimate of drug-likeness (QED) is 0.394. The Morgan fingerprint density at radius 2 is 2.27 bits per heavy atom. The van der Waals surface area contributed by atoms with Crippen LogP contribution in [0, 0.1) is 18.3 Å². The molecule has 1 heterocycles. The Kier molecular flexibility index (Phi) is 2.21. The Morgan fingerprint density at radius 3 is 2.73 bits per heavy atom. The van der Waals surface area contributed by atoms with E-state index in [1.165, 1.54) is 0 Å². The Labute approximate surface area is 66.9 Å². The minimum absolute atomic E-state index is 0.0885. The van der Waals surface area contributed by atoms with Gasteiger partial charge in [0.2, 0.25) is 0 Å². The molecule has 1 aliphatic rings. The Morgan fingerprint density at radius 1 is 1.64 bits per heavy atom. The van der Waals surface area contributed by atoms with Gasteiger partial charge in [0.25, 0.3) is 10.1 Å². The first kappa shape index (κ1) is 8.57. The van der Waals surface area contributed by atoms with E-state index in [2.05, 4.69) is 10.1 Å². The second kappa shape index (κ2) is 2.84. The zero-order chi connectivity index (χ0) is 8.48. The standard InChI is InChI=1S/C7H10O3S/c1-3-7-4-6(2)5-11(8,9)10-7/h1,6-7H,4-5H2,2H3. The Balaban J connectivity index is 2.76. The molecule has 0 radical (unpaired) electrons. The van der Waals surface area contributed by atoms with Crippen LogP contribution in [0.4, 0.5) is 0 Å². The highest BCUT2D eigenvalue weighted by Gasteiger charge is 2.28. The summed E-state index contributed by atoms with van der Waals surface area (Å²) in [4.78, 5) is 0. The summed E-state index contributed by atoms with van der Waals surface area (Å²) >= 11 is 0. The predicted octanol–water partition coefficient (Wildman–Crippen LogP) is 0.374.